The molecule has 0 bridgehead atoms. The lowest BCUT2D eigenvalue weighted by atomic mass is 9.80. The number of hydrogen-bond donors (Lipinski definition) is 1. The molecule has 0 saturated heterocycles. The van der Waals surface area contributed by atoms with Crippen LogP contribution in [0.2, 0.25) is 0 Å². The summed E-state index contributed by atoms with van der Waals surface area (Å²) < 4.78 is 69.8. The van der Waals surface area contributed by atoms with E-state index >= 15 is 0 Å². The van der Waals surface area contributed by atoms with E-state index in [2.05, 4.69) is 0 Å². The maximum atomic E-state index is 13.1. The van der Waals surface area contributed by atoms with E-state index < -0.39 is 27.7 Å². The van der Waals surface area contributed by atoms with Crippen LogP contribution in [0.25, 0.3) is 0 Å². The minimum Gasteiger partial charge on any atom is -0.489 e. The third-order valence-electron chi connectivity index (χ3n) is 5.48. The lowest BCUT2D eigenvalue weighted by Gasteiger charge is -2.41. The molecular formula is C20H20F3NO4S. The Bertz CT molecular complexity index is 1010. The molecular weight excluding hydrogens is 407 g/mol. The van der Waals surface area contributed by atoms with Crippen molar-refractivity contribution in [3.63, 3.8) is 0 Å². The van der Waals surface area contributed by atoms with E-state index in [4.69, 9.17) is 4.74 Å². The van der Waals surface area contributed by atoms with Gasteiger partial charge in [-0.1, -0.05) is 30.3 Å². The van der Waals surface area contributed by atoms with Gasteiger partial charge in [-0.25, -0.2) is 8.42 Å². The van der Waals surface area contributed by atoms with Gasteiger partial charge in [-0.2, -0.15) is 17.5 Å². The molecule has 2 aliphatic rings. The van der Waals surface area contributed by atoms with Crippen LogP contribution < -0.4 is 4.74 Å². The van der Waals surface area contributed by atoms with Gasteiger partial charge in [0.05, 0.1) is 12.1 Å². The standard InChI is InChI=1S/C20H20F3NO4S/c21-20(22,23)29(26,27)24-9-8-14-10-15(28-12-13-4-2-1-3-5-13)11-16-18(25)7-6-17(24)19(14)16/h1-5,10-11,17-18,25H,6-9,12H2. The Morgan fingerprint density at radius 3 is 2.55 bits per heavy atom. The summed E-state index contributed by atoms with van der Waals surface area (Å²) in [6.45, 7) is 0.0599. The maximum absolute atomic E-state index is 13.1. The van der Waals surface area contributed by atoms with Crippen molar-refractivity contribution in [2.24, 2.45) is 0 Å². The minimum absolute atomic E-state index is 0.128. The molecule has 0 saturated carbocycles. The van der Waals surface area contributed by atoms with Gasteiger partial charge in [0.25, 0.3) is 0 Å². The fourth-order valence-corrected chi connectivity index (χ4v) is 5.27. The first-order valence-electron chi connectivity index (χ1n) is 9.28. The molecule has 0 radical (unpaired) electrons. The predicted octanol–water partition coefficient (Wildman–Crippen LogP) is 3.84. The molecule has 0 amide bonds. The average Bonchev–Trinajstić information content (AvgIpc) is 2.68. The molecule has 2 aromatic rings. The minimum atomic E-state index is -5.44. The summed E-state index contributed by atoms with van der Waals surface area (Å²) in [6.07, 6.45) is -0.415. The van der Waals surface area contributed by atoms with Crippen LogP contribution in [0.4, 0.5) is 13.2 Å². The van der Waals surface area contributed by atoms with Gasteiger partial charge in [0.1, 0.15) is 12.4 Å². The highest BCUT2D eigenvalue weighted by Gasteiger charge is 2.53. The number of aliphatic hydroxyl groups excluding tert-OH is 1. The molecule has 1 heterocycles. The quantitative estimate of drug-likeness (QED) is 0.805. The van der Waals surface area contributed by atoms with Crippen LogP contribution in [0.1, 0.15) is 47.2 Å². The zero-order valence-corrected chi connectivity index (χ0v) is 16.2. The monoisotopic (exact) mass is 427 g/mol. The molecule has 5 nitrogen and oxygen atoms in total. The molecule has 0 spiro atoms. The van der Waals surface area contributed by atoms with Crippen LogP contribution >= 0.6 is 0 Å². The van der Waals surface area contributed by atoms with Crippen molar-refractivity contribution in [1.82, 2.24) is 4.31 Å². The van der Waals surface area contributed by atoms with Gasteiger partial charge in [-0.3, -0.25) is 0 Å². The van der Waals surface area contributed by atoms with Gasteiger partial charge >= 0.3 is 15.5 Å². The summed E-state index contributed by atoms with van der Waals surface area (Å²) in [5.41, 5.74) is -2.74. The second-order valence-corrected chi connectivity index (χ2v) is 9.16. The Hall–Kier alpha value is -2.10. The van der Waals surface area contributed by atoms with Crippen LogP contribution in [0.15, 0.2) is 42.5 Å². The van der Waals surface area contributed by atoms with Crippen LogP contribution in [-0.4, -0.2) is 29.9 Å². The second kappa shape index (κ2) is 7.30. The Labute approximate surface area is 166 Å². The third kappa shape index (κ3) is 3.62. The number of alkyl halides is 3. The summed E-state index contributed by atoms with van der Waals surface area (Å²) >= 11 is 0. The van der Waals surface area contributed by atoms with Crippen molar-refractivity contribution >= 4 is 10.0 Å². The number of hydrogen-bond acceptors (Lipinski definition) is 4. The van der Waals surface area contributed by atoms with E-state index in [1.807, 2.05) is 30.3 Å². The molecule has 9 heteroatoms. The van der Waals surface area contributed by atoms with Crippen LogP contribution in [0.5, 0.6) is 5.75 Å². The van der Waals surface area contributed by atoms with Crippen molar-refractivity contribution < 1.29 is 31.4 Å². The lowest BCUT2D eigenvalue weighted by Crippen LogP contribution is -2.47. The van der Waals surface area contributed by atoms with E-state index in [0.29, 0.717) is 27.8 Å². The van der Waals surface area contributed by atoms with Crippen LogP contribution in [0, 0.1) is 0 Å². The molecule has 0 aromatic heterocycles. The van der Waals surface area contributed by atoms with E-state index in [1.165, 1.54) is 0 Å². The summed E-state index contributed by atoms with van der Waals surface area (Å²) in [5.74, 6) is 0.509. The zero-order chi connectivity index (χ0) is 20.8. The lowest BCUT2D eigenvalue weighted by molar-refractivity contribution is -0.0508. The first-order chi connectivity index (χ1) is 13.7. The normalized spacial score (nSPS) is 22.2. The van der Waals surface area contributed by atoms with Gasteiger partial charge in [0.15, 0.2) is 0 Å². The number of nitrogens with zero attached hydrogens (tertiary/aromatic N) is 1. The SMILES string of the molecule is O=S(=O)(N1CCc2cc(OCc3ccccc3)cc3c2C1CCC3O)C(F)(F)F. The van der Waals surface area contributed by atoms with E-state index in [-0.39, 0.29) is 25.8 Å². The fraction of sp³-hybridized carbons (Fsp3) is 0.400. The number of ether oxygens (including phenoxy) is 1. The largest absolute Gasteiger partial charge is 0.511 e. The smallest absolute Gasteiger partial charge is 0.489 e. The molecule has 0 fully saturated rings. The van der Waals surface area contributed by atoms with Gasteiger partial charge < -0.3 is 9.84 Å². The van der Waals surface area contributed by atoms with Crippen molar-refractivity contribution in [3.8, 4) is 5.75 Å². The van der Waals surface area contributed by atoms with Gasteiger partial charge in [0, 0.05) is 6.54 Å². The molecule has 1 aliphatic carbocycles. The summed E-state index contributed by atoms with van der Waals surface area (Å²) in [7, 11) is -5.44. The number of rotatable bonds is 4. The molecule has 2 aromatic carbocycles. The summed E-state index contributed by atoms with van der Waals surface area (Å²) in [6, 6.07) is 11.9. The summed E-state index contributed by atoms with van der Waals surface area (Å²) in [4.78, 5) is 0. The van der Waals surface area contributed by atoms with E-state index in [0.717, 1.165) is 11.1 Å². The summed E-state index contributed by atoms with van der Waals surface area (Å²) in [5, 5.41) is 10.4. The number of aliphatic hydroxyl groups is 1. The van der Waals surface area contributed by atoms with Crippen molar-refractivity contribution in [3.05, 3.63) is 64.7 Å². The highest BCUT2D eigenvalue weighted by molar-refractivity contribution is 7.90. The first-order valence-corrected chi connectivity index (χ1v) is 10.7. The van der Waals surface area contributed by atoms with Crippen molar-refractivity contribution in [2.75, 3.05) is 6.54 Å². The first kappa shape index (κ1) is 20.2. The molecule has 2 unspecified atom stereocenters. The topological polar surface area (TPSA) is 66.8 Å². The molecule has 1 N–H and O–H groups in total. The molecule has 1 aliphatic heterocycles. The van der Waals surface area contributed by atoms with Gasteiger partial charge in [-0.05, 0) is 53.6 Å². The number of halogens is 3. The van der Waals surface area contributed by atoms with Crippen LogP contribution in [-0.2, 0) is 23.1 Å². The Morgan fingerprint density at radius 1 is 1.14 bits per heavy atom. The third-order valence-corrected chi connectivity index (χ3v) is 7.12. The molecule has 4 rings (SSSR count). The average molecular weight is 427 g/mol. The zero-order valence-electron chi connectivity index (χ0n) is 15.4. The Balaban J connectivity index is 1.68. The Morgan fingerprint density at radius 2 is 1.86 bits per heavy atom. The highest BCUT2D eigenvalue weighted by Crippen LogP contribution is 2.48. The predicted molar refractivity (Wildman–Crippen MR) is 99.5 cm³/mol. The van der Waals surface area contributed by atoms with Crippen molar-refractivity contribution in [1.29, 1.82) is 0 Å². The highest BCUT2D eigenvalue weighted by atomic mass is 32.2. The second-order valence-electron chi connectivity index (χ2n) is 7.28. The molecule has 156 valence electrons. The molecule has 29 heavy (non-hydrogen) atoms. The van der Waals surface area contributed by atoms with Crippen LogP contribution in [0.3, 0.4) is 0 Å². The Kier molecular flexibility index (Phi) is 5.08. The van der Waals surface area contributed by atoms with E-state index in [9.17, 15) is 26.7 Å². The van der Waals surface area contributed by atoms with E-state index in [1.54, 1.807) is 12.1 Å². The fourth-order valence-electron chi connectivity index (χ4n) is 4.13. The van der Waals surface area contributed by atoms with Gasteiger partial charge in [-0.15, -0.1) is 0 Å². The maximum Gasteiger partial charge on any atom is 0.511 e. The number of sulfonamides is 1. The number of benzene rings is 2. The van der Waals surface area contributed by atoms with Crippen molar-refractivity contribution in [2.45, 2.75) is 43.5 Å². The molecule has 2 atom stereocenters. The van der Waals surface area contributed by atoms with Gasteiger partial charge in [0.2, 0.25) is 0 Å².